The van der Waals surface area contributed by atoms with Gasteiger partial charge in [-0.05, 0) is 32.1 Å². The first-order valence-corrected chi connectivity index (χ1v) is 22.3. The van der Waals surface area contributed by atoms with Crippen molar-refractivity contribution >= 4 is 11.9 Å². The van der Waals surface area contributed by atoms with E-state index in [0.29, 0.717) is 12.8 Å². The molecule has 0 aliphatic carbocycles. The molecule has 340 valence electrons. The van der Waals surface area contributed by atoms with E-state index in [0.717, 1.165) is 64.2 Å². The number of rotatable bonds is 33. The predicted octanol–water partition coefficient (Wildman–Crippen LogP) is 4.26. The zero-order chi connectivity index (χ0) is 42.5. The molecule has 0 spiro atoms. The molecule has 0 amide bonds. The summed E-state index contributed by atoms with van der Waals surface area (Å²) in [5, 5.41) is 71.7. The van der Waals surface area contributed by atoms with Crippen LogP contribution in [0.25, 0.3) is 0 Å². The van der Waals surface area contributed by atoms with E-state index in [1.807, 2.05) is 0 Å². The molecule has 2 heterocycles. The highest BCUT2D eigenvalue weighted by molar-refractivity contribution is 5.70. The van der Waals surface area contributed by atoms with Crippen LogP contribution < -0.4 is 0 Å². The number of aliphatic hydroxyl groups excluding tert-OH is 7. The molecule has 0 aromatic carbocycles. The van der Waals surface area contributed by atoms with Crippen molar-refractivity contribution in [2.75, 3.05) is 26.4 Å². The first-order valence-electron chi connectivity index (χ1n) is 22.3. The molecule has 7 N–H and O–H groups in total. The number of aliphatic hydroxyl groups is 7. The number of unbranched alkanes of at least 4 members (excludes halogenated alkanes) is 17. The molecule has 11 atom stereocenters. The summed E-state index contributed by atoms with van der Waals surface area (Å²) in [7, 11) is 0. The molecule has 58 heavy (non-hydrogen) atoms. The number of carbonyl (C=O) groups is 2. The van der Waals surface area contributed by atoms with Crippen molar-refractivity contribution in [2.45, 2.75) is 223 Å². The minimum atomic E-state index is -1.76. The summed E-state index contributed by atoms with van der Waals surface area (Å²) in [5.74, 6) is -0.935. The largest absolute Gasteiger partial charge is 0.462 e. The molecular formula is C43H78O15. The number of esters is 2. The van der Waals surface area contributed by atoms with E-state index in [-0.39, 0.29) is 26.1 Å². The van der Waals surface area contributed by atoms with Crippen molar-refractivity contribution in [3.8, 4) is 0 Å². The Morgan fingerprint density at radius 3 is 1.59 bits per heavy atom. The predicted molar refractivity (Wildman–Crippen MR) is 215 cm³/mol. The van der Waals surface area contributed by atoms with Crippen LogP contribution in [0, 0.1) is 0 Å². The Morgan fingerprint density at radius 2 is 1.02 bits per heavy atom. The second-order valence-electron chi connectivity index (χ2n) is 15.9. The molecule has 0 radical (unpaired) electrons. The van der Waals surface area contributed by atoms with E-state index in [1.165, 1.54) is 51.4 Å². The van der Waals surface area contributed by atoms with Gasteiger partial charge in [-0.1, -0.05) is 122 Å². The standard InChI is InChI=1S/C43H78O15/c1-3-5-7-9-11-13-15-16-18-19-21-23-25-34(45)53-28-31(56-35(46)26-24-22-20-17-14-12-10-8-6-4-2)29-54-42-41(52)39(50)37(48)33(58-42)30-55-43-40(51)38(49)36(47)32(27-44)57-43/h8,10,31-33,36-44,47-52H,3-7,9,11-30H2,1-2H3/b10-8-. The van der Waals surface area contributed by atoms with Crippen LogP contribution in [0.5, 0.6) is 0 Å². The maximum atomic E-state index is 12.9. The Balaban J connectivity index is 1.87. The van der Waals surface area contributed by atoms with E-state index < -0.39 is 92.7 Å². The third kappa shape index (κ3) is 21.2. The van der Waals surface area contributed by atoms with E-state index in [9.17, 15) is 45.3 Å². The van der Waals surface area contributed by atoms with Gasteiger partial charge in [-0.3, -0.25) is 9.59 Å². The fourth-order valence-electron chi connectivity index (χ4n) is 6.98. The Kier molecular flexibility index (Phi) is 28.9. The van der Waals surface area contributed by atoms with Crippen LogP contribution in [-0.2, 0) is 38.0 Å². The smallest absolute Gasteiger partial charge is 0.306 e. The van der Waals surface area contributed by atoms with Gasteiger partial charge < -0.3 is 64.2 Å². The molecule has 2 saturated heterocycles. The van der Waals surface area contributed by atoms with Crippen molar-refractivity contribution in [1.82, 2.24) is 0 Å². The fraction of sp³-hybridized carbons (Fsp3) is 0.907. The molecule has 0 aromatic heterocycles. The van der Waals surface area contributed by atoms with Gasteiger partial charge in [-0.2, -0.15) is 0 Å². The molecule has 0 bridgehead atoms. The number of carbonyl (C=O) groups excluding carboxylic acids is 2. The Labute approximate surface area is 346 Å². The monoisotopic (exact) mass is 835 g/mol. The lowest BCUT2D eigenvalue weighted by molar-refractivity contribution is -0.332. The lowest BCUT2D eigenvalue weighted by Crippen LogP contribution is -2.61. The van der Waals surface area contributed by atoms with Gasteiger partial charge in [0.2, 0.25) is 0 Å². The van der Waals surface area contributed by atoms with Crippen molar-refractivity contribution in [2.24, 2.45) is 0 Å². The molecule has 2 rings (SSSR count). The molecule has 0 aromatic rings. The quantitative estimate of drug-likeness (QED) is 0.0278. The molecule has 11 unspecified atom stereocenters. The topological polar surface area (TPSA) is 231 Å². The Bertz CT molecular complexity index is 1080. The summed E-state index contributed by atoms with van der Waals surface area (Å²) in [5.41, 5.74) is 0. The van der Waals surface area contributed by atoms with Gasteiger partial charge >= 0.3 is 11.9 Å². The van der Waals surface area contributed by atoms with Gasteiger partial charge in [-0.15, -0.1) is 0 Å². The minimum Gasteiger partial charge on any atom is -0.462 e. The van der Waals surface area contributed by atoms with Crippen molar-refractivity contribution in [3.05, 3.63) is 12.2 Å². The lowest BCUT2D eigenvalue weighted by atomic mass is 9.98. The zero-order valence-corrected chi connectivity index (χ0v) is 35.3. The van der Waals surface area contributed by atoms with Crippen LogP contribution in [0.4, 0.5) is 0 Å². The fourth-order valence-corrected chi connectivity index (χ4v) is 6.98. The second-order valence-corrected chi connectivity index (χ2v) is 15.9. The first kappa shape index (κ1) is 52.4. The zero-order valence-electron chi connectivity index (χ0n) is 35.3. The van der Waals surface area contributed by atoms with Crippen molar-refractivity contribution in [3.63, 3.8) is 0 Å². The third-order valence-electron chi connectivity index (χ3n) is 10.7. The molecule has 0 saturated carbocycles. The number of ether oxygens (including phenoxy) is 6. The van der Waals surface area contributed by atoms with E-state index in [2.05, 4.69) is 26.0 Å². The molecule has 2 fully saturated rings. The minimum absolute atomic E-state index is 0.157. The highest BCUT2D eigenvalue weighted by atomic mass is 16.7. The van der Waals surface area contributed by atoms with Crippen molar-refractivity contribution < 1.29 is 73.8 Å². The van der Waals surface area contributed by atoms with Crippen LogP contribution >= 0.6 is 0 Å². The normalized spacial score (nSPS) is 28.2. The summed E-state index contributed by atoms with van der Waals surface area (Å²) in [6.45, 7) is 2.49. The van der Waals surface area contributed by atoms with Crippen LogP contribution in [0.3, 0.4) is 0 Å². The highest BCUT2D eigenvalue weighted by Gasteiger charge is 2.47. The lowest BCUT2D eigenvalue weighted by Gasteiger charge is -2.42. The van der Waals surface area contributed by atoms with Gasteiger partial charge in [-0.25, -0.2) is 0 Å². The van der Waals surface area contributed by atoms with Gasteiger partial charge in [0.15, 0.2) is 18.7 Å². The third-order valence-corrected chi connectivity index (χ3v) is 10.7. The maximum Gasteiger partial charge on any atom is 0.306 e. The first-order chi connectivity index (χ1) is 28.0. The van der Waals surface area contributed by atoms with E-state index in [4.69, 9.17) is 28.4 Å². The van der Waals surface area contributed by atoms with Crippen LogP contribution in [0.15, 0.2) is 12.2 Å². The second kappa shape index (κ2) is 32.0. The molecule has 15 nitrogen and oxygen atoms in total. The number of hydrogen-bond donors (Lipinski definition) is 7. The van der Waals surface area contributed by atoms with Crippen LogP contribution in [0.1, 0.15) is 155 Å². The van der Waals surface area contributed by atoms with Gasteiger partial charge in [0.05, 0.1) is 19.8 Å². The summed E-state index contributed by atoms with van der Waals surface area (Å²) < 4.78 is 33.4. The highest BCUT2D eigenvalue weighted by Crippen LogP contribution is 2.26. The summed E-state index contributed by atoms with van der Waals surface area (Å²) in [4.78, 5) is 25.5. The summed E-state index contributed by atoms with van der Waals surface area (Å²) >= 11 is 0. The Morgan fingerprint density at radius 1 is 0.534 bits per heavy atom. The van der Waals surface area contributed by atoms with Gasteiger partial charge in [0.1, 0.15) is 55.4 Å². The van der Waals surface area contributed by atoms with Crippen molar-refractivity contribution in [1.29, 1.82) is 0 Å². The Hall–Kier alpha value is -1.76. The average molecular weight is 835 g/mol. The van der Waals surface area contributed by atoms with E-state index in [1.54, 1.807) is 0 Å². The molecule has 2 aliphatic heterocycles. The average Bonchev–Trinajstić information content (AvgIpc) is 3.21. The maximum absolute atomic E-state index is 12.9. The molecule has 2 aliphatic rings. The molecule has 15 heteroatoms. The number of allylic oxidation sites excluding steroid dienone is 2. The summed E-state index contributed by atoms with van der Waals surface area (Å²) in [6.07, 6.45) is 9.84. The van der Waals surface area contributed by atoms with Crippen LogP contribution in [-0.4, -0.2) is 142 Å². The SMILES string of the molecule is CCC/C=C\CCCCCCCC(=O)OC(COC(=O)CCCCCCCCCCCCCC)COC1OC(COC2OC(CO)C(O)C(O)C2O)C(O)C(O)C1O. The van der Waals surface area contributed by atoms with Gasteiger partial charge in [0, 0.05) is 12.8 Å². The van der Waals surface area contributed by atoms with Gasteiger partial charge in [0.25, 0.3) is 0 Å². The number of hydrogen-bond acceptors (Lipinski definition) is 15. The summed E-state index contributed by atoms with van der Waals surface area (Å²) in [6, 6.07) is 0. The van der Waals surface area contributed by atoms with Crippen LogP contribution in [0.2, 0.25) is 0 Å². The van der Waals surface area contributed by atoms with E-state index >= 15 is 0 Å². The molecular weight excluding hydrogens is 756 g/mol.